The average molecular weight is 171 g/mol. The minimum absolute atomic E-state index is 0.127. The summed E-state index contributed by atoms with van der Waals surface area (Å²) in [5.74, 6) is 0.749. The molecule has 2 nitrogen and oxygen atoms in total. The lowest BCUT2D eigenvalue weighted by Gasteiger charge is -2.17. The Balaban J connectivity index is 2.08. The lowest BCUT2D eigenvalue weighted by atomic mass is 10.1. The van der Waals surface area contributed by atoms with Gasteiger partial charge in [-0.25, -0.2) is 0 Å². The molecule has 0 bridgehead atoms. The molecule has 0 aliphatic heterocycles. The van der Waals surface area contributed by atoms with Crippen molar-refractivity contribution in [3.63, 3.8) is 0 Å². The highest BCUT2D eigenvalue weighted by molar-refractivity contribution is 5.01. The first-order chi connectivity index (χ1) is 5.72. The van der Waals surface area contributed by atoms with Crippen molar-refractivity contribution in [2.45, 2.75) is 45.1 Å². The maximum Gasteiger partial charge on any atom is 0.0613 e. The normalized spacial score (nSPS) is 22.2. The molecule has 0 aromatic rings. The maximum atomic E-state index is 9.04. The SMILES string of the molecule is CCCC(C)CNC1(CO)CC1. The monoisotopic (exact) mass is 171 g/mol. The molecule has 0 saturated heterocycles. The van der Waals surface area contributed by atoms with Crippen LogP contribution in [0.3, 0.4) is 0 Å². The Morgan fingerprint density at radius 2 is 2.17 bits per heavy atom. The van der Waals surface area contributed by atoms with Gasteiger partial charge < -0.3 is 10.4 Å². The summed E-state index contributed by atoms with van der Waals surface area (Å²) in [7, 11) is 0. The molecule has 1 atom stereocenters. The lowest BCUT2D eigenvalue weighted by molar-refractivity contribution is 0.225. The molecule has 1 rings (SSSR count). The van der Waals surface area contributed by atoms with E-state index >= 15 is 0 Å². The Kier molecular flexibility index (Phi) is 3.53. The molecule has 72 valence electrons. The van der Waals surface area contributed by atoms with Gasteiger partial charge in [-0.1, -0.05) is 20.3 Å². The summed E-state index contributed by atoms with van der Waals surface area (Å²) in [4.78, 5) is 0. The number of hydrogen-bond acceptors (Lipinski definition) is 2. The van der Waals surface area contributed by atoms with Crippen LogP contribution in [0, 0.1) is 5.92 Å². The van der Waals surface area contributed by atoms with Crippen LogP contribution in [0.5, 0.6) is 0 Å². The molecule has 0 aromatic carbocycles. The summed E-state index contributed by atoms with van der Waals surface area (Å²) in [6.45, 7) is 5.86. The molecule has 0 amide bonds. The zero-order valence-corrected chi connectivity index (χ0v) is 8.27. The summed E-state index contributed by atoms with van der Waals surface area (Å²) in [5.41, 5.74) is 0.127. The van der Waals surface area contributed by atoms with Gasteiger partial charge in [0.05, 0.1) is 6.61 Å². The number of nitrogens with one attached hydrogen (secondary N) is 1. The third-order valence-electron chi connectivity index (χ3n) is 2.76. The third-order valence-corrected chi connectivity index (χ3v) is 2.76. The molecule has 0 radical (unpaired) electrons. The van der Waals surface area contributed by atoms with Gasteiger partial charge in [0.15, 0.2) is 0 Å². The number of rotatable bonds is 6. The van der Waals surface area contributed by atoms with Gasteiger partial charge in [0.2, 0.25) is 0 Å². The van der Waals surface area contributed by atoms with Crippen molar-refractivity contribution in [3.8, 4) is 0 Å². The Hall–Kier alpha value is -0.0800. The van der Waals surface area contributed by atoms with Crippen LogP contribution in [-0.2, 0) is 0 Å². The second kappa shape index (κ2) is 4.24. The Morgan fingerprint density at radius 3 is 2.58 bits per heavy atom. The van der Waals surface area contributed by atoms with Gasteiger partial charge in [0.1, 0.15) is 0 Å². The van der Waals surface area contributed by atoms with E-state index in [9.17, 15) is 0 Å². The first-order valence-electron chi connectivity index (χ1n) is 5.08. The van der Waals surface area contributed by atoms with Gasteiger partial charge in [-0.2, -0.15) is 0 Å². The molecule has 0 aromatic heterocycles. The van der Waals surface area contributed by atoms with Gasteiger partial charge in [-0.05, 0) is 31.7 Å². The lowest BCUT2D eigenvalue weighted by Crippen LogP contribution is -2.37. The van der Waals surface area contributed by atoms with E-state index in [1.165, 1.54) is 12.8 Å². The molecule has 1 fully saturated rings. The van der Waals surface area contributed by atoms with E-state index < -0.39 is 0 Å². The van der Waals surface area contributed by atoms with Crippen molar-refractivity contribution in [1.29, 1.82) is 0 Å². The molecular formula is C10H21NO. The predicted octanol–water partition coefficient (Wildman–Crippen LogP) is 1.54. The van der Waals surface area contributed by atoms with Gasteiger partial charge in [0, 0.05) is 5.54 Å². The van der Waals surface area contributed by atoms with Gasteiger partial charge in [0.25, 0.3) is 0 Å². The van der Waals surface area contributed by atoms with Gasteiger partial charge in [-0.15, -0.1) is 0 Å². The topological polar surface area (TPSA) is 32.3 Å². The third kappa shape index (κ3) is 2.76. The molecule has 0 spiro atoms. The second-order valence-electron chi connectivity index (χ2n) is 4.21. The number of aliphatic hydroxyl groups excluding tert-OH is 1. The summed E-state index contributed by atoms with van der Waals surface area (Å²) >= 11 is 0. The van der Waals surface area contributed by atoms with Crippen LogP contribution in [0.2, 0.25) is 0 Å². The van der Waals surface area contributed by atoms with E-state index in [0.717, 1.165) is 25.3 Å². The van der Waals surface area contributed by atoms with E-state index in [0.29, 0.717) is 6.61 Å². The fraction of sp³-hybridized carbons (Fsp3) is 1.00. The van der Waals surface area contributed by atoms with Gasteiger partial charge >= 0.3 is 0 Å². The fourth-order valence-electron chi connectivity index (χ4n) is 1.53. The quantitative estimate of drug-likeness (QED) is 0.635. The first kappa shape index (κ1) is 10.0. The number of hydrogen-bond donors (Lipinski definition) is 2. The molecule has 2 heteroatoms. The maximum absolute atomic E-state index is 9.04. The van der Waals surface area contributed by atoms with Crippen molar-refractivity contribution in [2.24, 2.45) is 5.92 Å². The number of aliphatic hydroxyl groups is 1. The standard InChI is InChI=1S/C10H21NO/c1-3-4-9(2)7-11-10(8-12)5-6-10/h9,11-12H,3-8H2,1-2H3. The zero-order valence-electron chi connectivity index (χ0n) is 8.27. The van der Waals surface area contributed by atoms with Crippen LogP contribution in [0.4, 0.5) is 0 Å². The van der Waals surface area contributed by atoms with Crippen molar-refractivity contribution in [2.75, 3.05) is 13.2 Å². The molecule has 2 N–H and O–H groups in total. The molecule has 0 heterocycles. The average Bonchev–Trinajstić information content (AvgIpc) is 2.82. The highest BCUT2D eigenvalue weighted by Crippen LogP contribution is 2.34. The Bertz CT molecular complexity index is 132. The molecule has 1 saturated carbocycles. The van der Waals surface area contributed by atoms with Crippen molar-refractivity contribution in [3.05, 3.63) is 0 Å². The minimum Gasteiger partial charge on any atom is -0.394 e. The summed E-state index contributed by atoms with van der Waals surface area (Å²) in [5, 5.41) is 12.5. The molecule has 12 heavy (non-hydrogen) atoms. The van der Waals surface area contributed by atoms with E-state index in [1.54, 1.807) is 0 Å². The Morgan fingerprint density at radius 1 is 1.50 bits per heavy atom. The largest absolute Gasteiger partial charge is 0.394 e. The highest BCUT2D eigenvalue weighted by atomic mass is 16.3. The van der Waals surface area contributed by atoms with Gasteiger partial charge in [-0.3, -0.25) is 0 Å². The molecule has 1 unspecified atom stereocenters. The summed E-state index contributed by atoms with van der Waals surface area (Å²) < 4.78 is 0. The van der Waals surface area contributed by atoms with Crippen molar-refractivity contribution in [1.82, 2.24) is 5.32 Å². The summed E-state index contributed by atoms with van der Waals surface area (Å²) in [6.07, 6.45) is 4.86. The first-order valence-corrected chi connectivity index (χ1v) is 5.08. The van der Waals surface area contributed by atoms with Crippen LogP contribution in [-0.4, -0.2) is 23.8 Å². The molecule has 1 aliphatic rings. The van der Waals surface area contributed by atoms with Crippen LogP contribution in [0.15, 0.2) is 0 Å². The van der Waals surface area contributed by atoms with Crippen molar-refractivity contribution < 1.29 is 5.11 Å². The second-order valence-corrected chi connectivity index (χ2v) is 4.21. The van der Waals surface area contributed by atoms with E-state index in [1.807, 2.05) is 0 Å². The molecular weight excluding hydrogens is 150 g/mol. The van der Waals surface area contributed by atoms with Crippen molar-refractivity contribution >= 4 is 0 Å². The van der Waals surface area contributed by atoms with E-state index in [4.69, 9.17) is 5.11 Å². The van der Waals surface area contributed by atoms with E-state index in [2.05, 4.69) is 19.2 Å². The zero-order chi connectivity index (χ0) is 9.03. The fourth-order valence-corrected chi connectivity index (χ4v) is 1.53. The van der Waals surface area contributed by atoms with E-state index in [-0.39, 0.29) is 5.54 Å². The molecule has 1 aliphatic carbocycles. The van der Waals surface area contributed by atoms with Crippen LogP contribution in [0.1, 0.15) is 39.5 Å². The van der Waals surface area contributed by atoms with Crippen LogP contribution < -0.4 is 5.32 Å². The van der Waals surface area contributed by atoms with Crippen LogP contribution >= 0.6 is 0 Å². The Labute approximate surface area is 75.4 Å². The smallest absolute Gasteiger partial charge is 0.0613 e. The highest BCUT2D eigenvalue weighted by Gasteiger charge is 2.41. The predicted molar refractivity (Wildman–Crippen MR) is 51.1 cm³/mol. The van der Waals surface area contributed by atoms with Crippen LogP contribution in [0.25, 0.3) is 0 Å². The summed E-state index contributed by atoms with van der Waals surface area (Å²) in [6, 6.07) is 0. The minimum atomic E-state index is 0.127.